The van der Waals surface area contributed by atoms with Crippen molar-refractivity contribution in [3.05, 3.63) is 0 Å². The Kier molecular flexibility index (Phi) is 5.57. The third-order valence-corrected chi connectivity index (χ3v) is 2.55. The van der Waals surface area contributed by atoms with Gasteiger partial charge in [0.05, 0.1) is 0 Å². The van der Waals surface area contributed by atoms with E-state index in [9.17, 15) is 14.4 Å². The fourth-order valence-corrected chi connectivity index (χ4v) is 1.43. The van der Waals surface area contributed by atoms with Gasteiger partial charge in [0.1, 0.15) is 13.2 Å². The Balaban J connectivity index is 2.23. The monoisotopic (exact) mass is 258 g/mol. The first-order chi connectivity index (χ1) is 8.52. The average molecular weight is 258 g/mol. The number of amides is 3. The van der Waals surface area contributed by atoms with E-state index in [1.807, 2.05) is 6.92 Å². The summed E-state index contributed by atoms with van der Waals surface area (Å²) in [6, 6.07) is -0.451. The van der Waals surface area contributed by atoms with E-state index in [1.165, 1.54) is 0 Å². The van der Waals surface area contributed by atoms with Crippen LogP contribution in [0.25, 0.3) is 0 Å². The summed E-state index contributed by atoms with van der Waals surface area (Å²) in [6.45, 7) is 2.05. The number of hydrogen-bond acceptors (Lipinski definition) is 4. The molecule has 102 valence electrons. The summed E-state index contributed by atoms with van der Waals surface area (Å²) in [5.41, 5.74) is 0. The van der Waals surface area contributed by atoms with Crippen molar-refractivity contribution in [3.8, 4) is 0 Å². The number of urea groups is 1. The second-order valence-electron chi connectivity index (χ2n) is 4.22. The zero-order valence-corrected chi connectivity index (χ0v) is 10.3. The van der Waals surface area contributed by atoms with Gasteiger partial charge >= 0.3 is 12.0 Å². The van der Waals surface area contributed by atoms with Crippen LogP contribution in [0.5, 0.6) is 0 Å². The van der Waals surface area contributed by atoms with Gasteiger partial charge in [0.2, 0.25) is 0 Å². The van der Waals surface area contributed by atoms with E-state index >= 15 is 0 Å². The van der Waals surface area contributed by atoms with Gasteiger partial charge in [-0.2, -0.15) is 0 Å². The summed E-state index contributed by atoms with van der Waals surface area (Å²) in [7, 11) is 0. The van der Waals surface area contributed by atoms with Gasteiger partial charge in [0.15, 0.2) is 0 Å². The molecule has 0 aliphatic heterocycles. The lowest BCUT2D eigenvalue weighted by atomic mass is 10.4. The van der Waals surface area contributed by atoms with Gasteiger partial charge in [-0.3, -0.25) is 10.1 Å². The standard InChI is InChI=1S/C11H18N2O5/c1-2-13(5-8-3-4-8)11(17)12-9(14)6-18-7-10(15)16/h8H,2-7H2,1H3,(H,15,16)(H,12,14,17). The van der Waals surface area contributed by atoms with Crippen molar-refractivity contribution < 1.29 is 24.2 Å². The number of ether oxygens (including phenoxy) is 1. The third kappa shape index (κ3) is 5.62. The molecule has 1 saturated carbocycles. The number of carbonyl (C=O) groups is 3. The van der Waals surface area contributed by atoms with E-state index < -0.39 is 31.1 Å². The van der Waals surface area contributed by atoms with Crippen LogP contribution in [0, 0.1) is 5.92 Å². The van der Waals surface area contributed by atoms with Crippen molar-refractivity contribution >= 4 is 17.9 Å². The molecule has 0 aromatic heterocycles. The Morgan fingerprint density at radius 2 is 2.00 bits per heavy atom. The highest BCUT2D eigenvalue weighted by atomic mass is 16.5. The van der Waals surface area contributed by atoms with Gasteiger partial charge in [0.25, 0.3) is 5.91 Å². The summed E-state index contributed by atoms with van der Waals surface area (Å²) in [4.78, 5) is 34.7. The highest BCUT2D eigenvalue weighted by molar-refractivity contribution is 5.95. The average Bonchev–Trinajstić information content (AvgIpc) is 3.08. The second-order valence-corrected chi connectivity index (χ2v) is 4.22. The number of nitrogens with zero attached hydrogens (tertiary/aromatic N) is 1. The van der Waals surface area contributed by atoms with Crippen LogP contribution in [0.3, 0.4) is 0 Å². The summed E-state index contributed by atoms with van der Waals surface area (Å²) in [6.07, 6.45) is 2.25. The molecular formula is C11H18N2O5. The molecule has 0 radical (unpaired) electrons. The van der Waals surface area contributed by atoms with E-state index in [-0.39, 0.29) is 0 Å². The first kappa shape index (κ1) is 14.4. The summed E-state index contributed by atoms with van der Waals surface area (Å²) in [5, 5.41) is 10.5. The van der Waals surface area contributed by atoms with E-state index in [2.05, 4.69) is 10.1 Å². The molecule has 1 rings (SSSR count). The summed E-state index contributed by atoms with van der Waals surface area (Å²) in [5.74, 6) is -1.23. The fraction of sp³-hybridized carbons (Fsp3) is 0.727. The SMILES string of the molecule is CCN(CC1CC1)C(=O)NC(=O)COCC(=O)O. The molecule has 0 atom stereocenters. The van der Waals surface area contributed by atoms with Crippen molar-refractivity contribution in [3.63, 3.8) is 0 Å². The largest absolute Gasteiger partial charge is 0.480 e. The molecule has 18 heavy (non-hydrogen) atoms. The molecule has 1 aliphatic carbocycles. The van der Waals surface area contributed by atoms with Crippen molar-refractivity contribution in [2.45, 2.75) is 19.8 Å². The molecule has 3 amide bonds. The normalized spacial score (nSPS) is 14.1. The lowest BCUT2D eigenvalue weighted by Crippen LogP contribution is -2.45. The summed E-state index contributed by atoms with van der Waals surface area (Å²) < 4.78 is 4.58. The maximum absolute atomic E-state index is 11.7. The molecule has 1 fully saturated rings. The maximum atomic E-state index is 11.7. The van der Waals surface area contributed by atoms with Crippen LogP contribution < -0.4 is 5.32 Å². The summed E-state index contributed by atoms with van der Waals surface area (Å²) >= 11 is 0. The van der Waals surface area contributed by atoms with Crippen LogP contribution in [-0.4, -0.2) is 54.2 Å². The van der Waals surface area contributed by atoms with Crippen molar-refractivity contribution in [1.82, 2.24) is 10.2 Å². The molecule has 0 heterocycles. The van der Waals surface area contributed by atoms with Crippen LogP contribution in [0.1, 0.15) is 19.8 Å². The molecule has 0 aromatic rings. The molecule has 0 unspecified atom stereocenters. The number of imide groups is 1. The van der Waals surface area contributed by atoms with Crippen LogP contribution >= 0.6 is 0 Å². The van der Waals surface area contributed by atoms with Crippen LogP contribution in [0.4, 0.5) is 4.79 Å². The van der Waals surface area contributed by atoms with Crippen molar-refractivity contribution in [2.24, 2.45) is 5.92 Å². The number of aliphatic carboxylic acids is 1. The highest BCUT2D eigenvalue weighted by Crippen LogP contribution is 2.29. The van der Waals surface area contributed by atoms with E-state index in [4.69, 9.17) is 5.11 Å². The fourth-order valence-electron chi connectivity index (χ4n) is 1.43. The van der Waals surface area contributed by atoms with Gasteiger partial charge in [-0.1, -0.05) is 0 Å². The smallest absolute Gasteiger partial charge is 0.329 e. The Labute approximate surface area is 105 Å². The maximum Gasteiger partial charge on any atom is 0.329 e. The molecule has 0 spiro atoms. The van der Waals surface area contributed by atoms with Crippen LogP contribution in [0.2, 0.25) is 0 Å². The predicted octanol–water partition coefficient (Wildman–Crippen LogP) is 0.0557. The lowest BCUT2D eigenvalue weighted by Gasteiger charge is -2.20. The number of carboxylic acid groups (broad SMARTS) is 1. The van der Waals surface area contributed by atoms with Crippen LogP contribution in [0.15, 0.2) is 0 Å². The molecular weight excluding hydrogens is 240 g/mol. The van der Waals surface area contributed by atoms with E-state index in [0.29, 0.717) is 19.0 Å². The molecule has 0 aromatic carbocycles. The highest BCUT2D eigenvalue weighted by Gasteiger charge is 2.26. The molecule has 0 saturated heterocycles. The Bertz CT molecular complexity index is 327. The Morgan fingerprint density at radius 3 is 2.50 bits per heavy atom. The molecule has 1 aliphatic rings. The zero-order chi connectivity index (χ0) is 13.5. The van der Waals surface area contributed by atoms with Crippen molar-refractivity contribution in [2.75, 3.05) is 26.3 Å². The van der Waals surface area contributed by atoms with Gasteiger partial charge in [-0.15, -0.1) is 0 Å². The minimum atomic E-state index is -1.15. The first-order valence-corrected chi connectivity index (χ1v) is 5.91. The zero-order valence-electron chi connectivity index (χ0n) is 10.3. The number of carboxylic acids is 1. The van der Waals surface area contributed by atoms with Gasteiger partial charge < -0.3 is 14.7 Å². The van der Waals surface area contributed by atoms with E-state index in [1.54, 1.807) is 4.90 Å². The molecule has 0 bridgehead atoms. The first-order valence-electron chi connectivity index (χ1n) is 5.91. The van der Waals surface area contributed by atoms with Gasteiger partial charge in [0, 0.05) is 13.1 Å². The molecule has 2 N–H and O–H groups in total. The Morgan fingerprint density at radius 1 is 1.33 bits per heavy atom. The van der Waals surface area contributed by atoms with Gasteiger partial charge in [-0.25, -0.2) is 9.59 Å². The predicted molar refractivity (Wildman–Crippen MR) is 62.0 cm³/mol. The van der Waals surface area contributed by atoms with E-state index in [0.717, 1.165) is 12.8 Å². The minimum Gasteiger partial charge on any atom is -0.480 e. The van der Waals surface area contributed by atoms with Crippen molar-refractivity contribution in [1.29, 1.82) is 0 Å². The third-order valence-electron chi connectivity index (χ3n) is 2.55. The number of hydrogen-bond donors (Lipinski definition) is 2. The topological polar surface area (TPSA) is 95.9 Å². The number of nitrogens with one attached hydrogen (secondary N) is 1. The van der Waals surface area contributed by atoms with Gasteiger partial charge in [-0.05, 0) is 25.7 Å². The molecule has 7 heteroatoms. The number of carbonyl (C=O) groups excluding carboxylic acids is 2. The minimum absolute atomic E-state index is 0.432. The quantitative estimate of drug-likeness (QED) is 0.673. The Hall–Kier alpha value is -1.63. The lowest BCUT2D eigenvalue weighted by molar-refractivity contribution is -0.143. The van der Waals surface area contributed by atoms with Crippen LogP contribution in [-0.2, 0) is 14.3 Å². The molecule has 7 nitrogen and oxygen atoms in total. The number of rotatable bonds is 7. The second kappa shape index (κ2) is 6.95.